The summed E-state index contributed by atoms with van der Waals surface area (Å²) in [6.45, 7) is 7.51. The van der Waals surface area contributed by atoms with Crippen molar-refractivity contribution < 1.29 is 19.4 Å². The molecule has 8 nitrogen and oxygen atoms in total. The van der Waals surface area contributed by atoms with E-state index in [1.807, 2.05) is 31.0 Å². The summed E-state index contributed by atoms with van der Waals surface area (Å²) in [5.41, 5.74) is 0.512. The zero-order valence-electron chi connectivity index (χ0n) is 17.5. The molecule has 1 aromatic rings. The number of carbonyl (C=O) groups excluding carboxylic acids is 2. The molecule has 2 saturated heterocycles. The Bertz CT molecular complexity index is 692. The van der Waals surface area contributed by atoms with Crippen molar-refractivity contribution in [2.45, 2.75) is 44.2 Å². The monoisotopic (exact) mass is 404 g/mol. The van der Waals surface area contributed by atoms with Crippen LogP contribution in [0.25, 0.3) is 0 Å². The molecule has 2 aliphatic rings. The standard InChI is InChI=1S/C21H32N4O4/c1-21(2,28)17-11-24(12-17)19-6-4-15(8-23-19)16-9-25(10-16)20(27)7-5-18(22-3)13-29-14-26/h4,6,8,14,16-18,22,28H,5,7,9-13H2,1-3H3. The Hall–Kier alpha value is -2.19. The number of rotatable bonds is 10. The Morgan fingerprint density at radius 3 is 2.66 bits per heavy atom. The minimum absolute atomic E-state index is 0.00419. The van der Waals surface area contributed by atoms with E-state index in [2.05, 4.69) is 21.3 Å². The molecule has 2 aliphatic heterocycles. The number of hydrogen-bond donors (Lipinski definition) is 2. The number of anilines is 1. The van der Waals surface area contributed by atoms with Gasteiger partial charge in [-0.25, -0.2) is 4.98 Å². The van der Waals surface area contributed by atoms with Crippen molar-refractivity contribution in [3.63, 3.8) is 0 Å². The van der Waals surface area contributed by atoms with Crippen molar-refractivity contribution in [1.82, 2.24) is 15.2 Å². The van der Waals surface area contributed by atoms with Crippen LogP contribution in [0.15, 0.2) is 18.3 Å². The number of amides is 1. The number of aliphatic hydroxyl groups is 1. The summed E-state index contributed by atoms with van der Waals surface area (Å²) >= 11 is 0. The van der Waals surface area contributed by atoms with E-state index in [4.69, 9.17) is 4.74 Å². The minimum Gasteiger partial charge on any atom is -0.466 e. The molecule has 29 heavy (non-hydrogen) atoms. The van der Waals surface area contributed by atoms with Crippen LogP contribution in [0.2, 0.25) is 0 Å². The molecule has 0 spiro atoms. The summed E-state index contributed by atoms with van der Waals surface area (Å²) in [5.74, 6) is 1.69. The zero-order valence-corrected chi connectivity index (χ0v) is 17.5. The highest BCUT2D eigenvalue weighted by molar-refractivity contribution is 5.77. The molecule has 0 aromatic carbocycles. The van der Waals surface area contributed by atoms with Crippen LogP contribution in [0, 0.1) is 5.92 Å². The van der Waals surface area contributed by atoms with E-state index in [9.17, 15) is 14.7 Å². The average molecular weight is 405 g/mol. The smallest absolute Gasteiger partial charge is 0.293 e. The molecule has 1 atom stereocenters. The van der Waals surface area contributed by atoms with Crippen LogP contribution in [-0.4, -0.2) is 78.8 Å². The SMILES string of the molecule is CNC(CCC(=O)N1CC(c2ccc(N3CC(C(C)(C)O)C3)nc2)C1)COC=O. The lowest BCUT2D eigenvalue weighted by Gasteiger charge is -2.46. The van der Waals surface area contributed by atoms with Crippen LogP contribution in [-0.2, 0) is 14.3 Å². The summed E-state index contributed by atoms with van der Waals surface area (Å²) in [6, 6.07) is 4.13. The van der Waals surface area contributed by atoms with Crippen molar-refractivity contribution in [2.75, 3.05) is 44.7 Å². The number of aromatic nitrogens is 1. The number of likely N-dealkylation sites (tertiary alicyclic amines) is 1. The van der Waals surface area contributed by atoms with Crippen LogP contribution >= 0.6 is 0 Å². The van der Waals surface area contributed by atoms with Gasteiger partial charge in [-0.1, -0.05) is 6.07 Å². The third-order valence-electron chi connectivity index (χ3n) is 6.16. The minimum atomic E-state index is -0.646. The summed E-state index contributed by atoms with van der Waals surface area (Å²) < 4.78 is 4.76. The van der Waals surface area contributed by atoms with Crippen LogP contribution < -0.4 is 10.2 Å². The van der Waals surface area contributed by atoms with Gasteiger partial charge in [0.05, 0.1) is 5.60 Å². The third kappa shape index (κ3) is 5.25. The maximum absolute atomic E-state index is 12.3. The molecule has 0 aliphatic carbocycles. The molecular formula is C21H32N4O4. The Balaban J connectivity index is 1.40. The quantitative estimate of drug-likeness (QED) is 0.556. The van der Waals surface area contributed by atoms with E-state index in [1.54, 1.807) is 7.05 Å². The van der Waals surface area contributed by atoms with E-state index in [0.29, 0.717) is 25.2 Å². The van der Waals surface area contributed by atoms with Gasteiger partial charge in [-0.15, -0.1) is 0 Å². The third-order valence-corrected chi connectivity index (χ3v) is 6.16. The first-order valence-electron chi connectivity index (χ1n) is 10.3. The topological polar surface area (TPSA) is 95.0 Å². The van der Waals surface area contributed by atoms with Gasteiger partial charge in [0.25, 0.3) is 6.47 Å². The second kappa shape index (κ2) is 9.09. The van der Waals surface area contributed by atoms with Gasteiger partial charge >= 0.3 is 0 Å². The molecule has 0 saturated carbocycles. The fraction of sp³-hybridized carbons (Fsp3) is 0.667. The Morgan fingerprint density at radius 1 is 1.38 bits per heavy atom. The molecule has 0 bridgehead atoms. The normalized spacial score (nSPS) is 18.8. The number of ether oxygens (including phenoxy) is 1. The lowest BCUT2D eigenvalue weighted by atomic mass is 9.84. The number of hydrogen-bond acceptors (Lipinski definition) is 7. The predicted octanol–water partition coefficient (Wildman–Crippen LogP) is 0.756. The van der Waals surface area contributed by atoms with Crippen molar-refractivity contribution in [2.24, 2.45) is 5.92 Å². The molecule has 2 N–H and O–H groups in total. The first-order valence-corrected chi connectivity index (χ1v) is 10.3. The van der Waals surface area contributed by atoms with Crippen molar-refractivity contribution in [3.05, 3.63) is 23.9 Å². The molecule has 3 heterocycles. The zero-order chi connectivity index (χ0) is 21.0. The lowest BCUT2D eigenvalue weighted by molar-refractivity contribution is -0.135. The fourth-order valence-electron chi connectivity index (χ4n) is 3.75. The fourth-order valence-corrected chi connectivity index (χ4v) is 3.75. The predicted molar refractivity (Wildman–Crippen MR) is 110 cm³/mol. The lowest BCUT2D eigenvalue weighted by Crippen LogP contribution is -2.56. The number of likely N-dealkylation sites (N-methyl/N-ethyl adjacent to an activating group) is 1. The van der Waals surface area contributed by atoms with Crippen molar-refractivity contribution in [1.29, 1.82) is 0 Å². The largest absolute Gasteiger partial charge is 0.466 e. The molecule has 160 valence electrons. The van der Waals surface area contributed by atoms with Crippen LogP contribution in [0.1, 0.15) is 38.2 Å². The summed E-state index contributed by atoms with van der Waals surface area (Å²) in [5, 5.41) is 13.1. The van der Waals surface area contributed by atoms with Gasteiger partial charge in [-0.3, -0.25) is 9.59 Å². The number of carbonyl (C=O) groups is 2. The van der Waals surface area contributed by atoms with Gasteiger partial charge in [0.1, 0.15) is 12.4 Å². The van der Waals surface area contributed by atoms with E-state index >= 15 is 0 Å². The van der Waals surface area contributed by atoms with Crippen LogP contribution in [0.5, 0.6) is 0 Å². The average Bonchev–Trinajstić information content (AvgIpc) is 2.59. The van der Waals surface area contributed by atoms with Gasteiger partial charge in [-0.05, 0) is 38.9 Å². The molecule has 2 fully saturated rings. The Kier molecular flexibility index (Phi) is 6.74. The summed E-state index contributed by atoms with van der Waals surface area (Å²) in [6.07, 6.45) is 2.99. The van der Waals surface area contributed by atoms with Crippen LogP contribution in [0.4, 0.5) is 5.82 Å². The molecular weight excluding hydrogens is 372 g/mol. The summed E-state index contributed by atoms with van der Waals surface area (Å²) in [7, 11) is 1.80. The number of nitrogens with zero attached hydrogens (tertiary/aromatic N) is 3. The van der Waals surface area contributed by atoms with E-state index in [0.717, 1.165) is 37.6 Å². The van der Waals surface area contributed by atoms with Gasteiger partial charge in [0.15, 0.2) is 0 Å². The second-order valence-corrected chi connectivity index (χ2v) is 8.65. The van der Waals surface area contributed by atoms with Crippen LogP contribution in [0.3, 0.4) is 0 Å². The van der Waals surface area contributed by atoms with Crippen molar-refractivity contribution in [3.8, 4) is 0 Å². The van der Waals surface area contributed by atoms with Gasteiger partial charge in [0, 0.05) is 56.7 Å². The van der Waals surface area contributed by atoms with Gasteiger partial charge in [0.2, 0.25) is 5.91 Å². The Labute approximate surface area is 172 Å². The Morgan fingerprint density at radius 2 is 2.10 bits per heavy atom. The van der Waals surface area contributed by atoms with Gasteiger partial charge < -0.3 is 25.0 Å². The summed E-state index contributed by atoms with van der Waals surface area (Å²) in [4.78, 5) is 31.3. The molecule has 0 radical (unpaired) electrons. The molecule has 1 aromatic heterocycles. The number of pyridine rings is 1. The maximum atomic E-state index is 12.3. The van der Waals surface area contributed by atoms with E-state index in [1.165, 1.54) is 0 Å². The molecule has 1 amide bonds. The highest BCUT2D eigenvalue weighted by Gasteiger charge is 2.38. The van der Waals surface area contributed by atoms with Crippen molar-refractivity contribution >= 4 is 18.2 Å². The highest BCUT2D eigenvalue weighted by atomic mass is 16.5. The van der Waals surface area contributed by atoms with E-state index in [-0.39, 0.29) is 24.5 Å². The molecule has 8 heteroatoms. The number of nitrogens with one attached hydrogen (secondary N) is 1. The first-order chi connectivity index (χ1) is 13.8. The second-order valence-electron chi connectivity index (χ2n) is 8.65. The molecule has 1 unspecified atom stereocenters. The first kappa shape index (κ1) is 21.5. The van der Waals surface area contributed by atoms with E-state index < -0.39 is 5.60 Å². The van der Waals surface area contributed by atoms with Gasteiger partial charge in [-0.2, -0.15) is 0 Å². The molecule has 3 rings (SSSR count). The highest BCUT2D eigenvalue weighted by Crippen LogP contribution is 2.32. The maximum Gasteiger partial charge on any atom is 0.293 e.